The molecule has 0 bridgehead atoms. The summed E-state index contributed by atoms with van der Waals surface area (Å²) in [7, 11) is 1.74. The van der Waals surface area contributed by atoms with Crippen LogP contribution in [0.5, 0.6) is 11.5 Å². The van der Waals surface area contributed by atoms with Gasteiger partial charge in [0.1, 0.15) is 17.1 Å². The molecule has 0 radical (unpaired) electrons. The molecule has 0 saturated carbocycles. The molecule has 0 unspecified atom stereocenters. The Morgan fingerprint density at radius 1 is 0.879 bits per heavy atom. The van der Waals surface area contributed by atoms with E-state index < -0.39 is 0 Å². The second-order valence-corrected chi connectivity index (χ2v) is 8.31. The molecular weight excluding hydrogens is 412 g/mol. The molecule has 6 nitrogen and oxygen atoms in total. The van der Waals surface area contributed by atoms with Crippen LogP contribution in [0.2, 0.25) is 0 Å². The number of aromatic nitrogens is 2. The molecule has 1 aliphatic heterocycles. The lowest BCUT2D eigenvalue weighted by molar-refractivity contribution is 0.224. The number of rotatable bonds is 8. The normalized spacial score (nSPS) is 14.5. The van der Waals surface area contributed by atoms with Crippen LogP contribution in [-0.2, 0) is 0 Å². The van der Waals surface area contributed by atoms with E-state index >= 15 is 0 Å². The quantitative estimate of drug-likeness (QED) is 0.373. The molecule has 0 atom stereocenters. The minimum atomic E-state index is 0.724. The predicted octanol–water partition coefficient (Wildman–Crippen LogP) is 4.60. The minimum absolute atomic E-state index is 0.724. The van der Waals surface area contributed by atoms with E-state index in [1.54, 1.807) is 7.11 Å². The van der Waals surface area contributed by atoms with Crippen molar-refractivity contribution in [2.24, 2.45) is 0 Å². The summed E-state index contributed by atoms with van der Waals surface area (Å²) in [5.41, 5.74) is 4.43. The Bertz CT molecular complexity index is 1180. The van der Waals surface area contributed by atoms with Crippen molar-refractivity contribution in [2.75, 3.05) is 51.3 Å². The van der Waals surface area contributed by atoms with E-state index in [1.807, 2.05) is 53.3 Å². The van der Waals surface area contributed by atoms with Crippen molar-refractivity contribution in [3.63, 3.8) is 0 Å². The van der Waals surface area contributed by atoms with Gasteiger partial charge in [0.15, 0.2) is 0 Å². The number of anilines is 1. The van der Waals surface area contributed by atoms with Gasteiger partial charge in [-0.25, -0.2) is 4.98 Å². The summed E-state index contributed by atoms with van der Waals surface area (Å²) in [5, 5.41) is 0. The number of hydrogen-bond donors (Lipinski definition) is 0. The van der Waals surface area contributed by atoms with E-state index in [0.717, 1.165) is 74.0 Å². The Morgan fingerprint density at radius 3 is 2.52 bits per heavy atom. The van der Waals surface area contributed by atoms with Crippen LogP contribution in [0.1, 0.15) is 6.42 Å². The van der Waals surface area contributed by atoms with Crippen LogP contribution >= 0.6 is 0 Å². The van der Waals surface area contributed by atoms with Gasteiger partial charge < -0.3 is 18.8 Å². The van der Waals surface area contributed by atoms with E-state index in [1.165, 1.54) is 5.69 Å². The van der Waals surface area contributed by atoms with E-state index in [0.29, 0.717) is 0 Å². The van der Waals surface area contributed by atoms with Gasteiger partial charge in [0, 0.05) is 56.9 Å². The molecule has 6 heteroatoms. The van der Waals surface area contributed by atoms with Crippen LogP contribution in [0.3, 0.4) is 0 Å². The first-order valence-electron chi connectivity index (χ1n) is 11.6. The highest BCUT2D eigenvalue weighted by Crippen LogP contribution is 2.28. The Kier molecular flexibility index (Phi) is 6.44. The van der Waals surface area contributed by atoms with Crippen molar-refractivity contribution in [1.82, 2.24) is 14.3 Å². The number of para-hydroxylation sites is 2. The number of ether oxygens (including phenoxy) is 2. The molecule has 0 amide bonds. The maximum absolute atomic E-state index is 6.01. The van der Waals surface area contributed by atoms with Gasteiger partial charge in [-0.2, -0.15) is 0 Å². The molecule has 170 valence electrons. The number of methoxy groups -OCH3 is 1. The lowest BCUT2D eigenvalue weighted by atomic mass is 10.1. The lowest BCUT2D eigenvalue weighted by Crippen LogP contribution is -2.46. The maximum Gasteiger partial charge on any atom is 0.144 e. The molecule has 2 aromatic carbocycles. The SMILES string of the molecule is COc1ccccc1N1CCN(CCCOc2ccc(-c3cccn4ccnc34)cc2)CC1. The van der Waals surface area contributed by atoms with Gasteiger partial charge in [0.25, 0.3) is 0 Å². The van der Waals surface area contributed by atoms with Crippen molar-refractivity contribution in [1.29, 1.82) is 0 Å². The predicted molar refractivity (Wildman–Crippen MR) is 132 cm³/mol. The zero-order valence-corrected chi connectivity index (χ0v) is 19.1. The van der Waals surface area contributed by atoms with E-state index in [-0.39, 0.29) is 0 Å². The fourth-order valence-electron chi connectivity index (χ4n) is 4.49. The van der Waals surface area contributed by atoms with Crippen LogP contribution in [0.4, 0.5) is 5.69 Å². The number of pyridine rings is 1. The van der Waals surface area contributed by atoms with Crippen molar-refractivity contribution in [3.05, 3.63) is 79.3 Å². The van der Waals surface area contributed by atoms with Gasteiger partial charge >= 0.3 is 0 Å². The molecule has 3 heterocycles. The lowest BCUT2D eigenvalue weighted by Gasteiger charge is -2.36. The van der Waals surface area contributed by atoms with Crippen LogP contribution in [0.15, 0.2) is 79.3 Å². The summed E-state index contributed by atoms with van der Waals surface area (Å²) >= 11 is 0. The van der Waals surface area contributed by atoms with Gasteiger partial charge in [-0.05, 0) is 48.4 Å². The Hall–Kier alpha value is -3.51. The molecule has 1 aliphatic rings. The van der Waals surface area contributed by atoms with Crippen LogP contribution in [0, 0.1) is 0 Å². The van der Waals surface area contributed by atoms with Crippen molar-refractivity contribution in [2.45, 2.75) is 6.42 Å². The molecular formula is C27H30N4O2. The number of piperazine rings is 1. The van der Waals surface area contributed by atoms with Crippen molar-refractivity contribution < 1.29 is 9.47 Å². The van der Waals surface area contributed by atoms with Crippen molar-refractivity contribution in [3.8, 4) is 22.6 Å². The third-order valence-electron chi connectivity index (χ3n) is 6.27. The number of benzene rings is 2. The number of hydrogen-bond acceptors (Lipinski definition) is 5. The van der Waals surface area contributed by atoms with Gasteiger partial charge in [-0.1, -0.05) is 24.3 Å². The molecule has 5 rings (SSSR count). The Labute approximate surface area is 195 Å². The second-order valence-electron chi connectivity index (χ2n) is 8.31. The highest BCUT2D eigenvalue weighted by molar-refractivity contribution is 5.77. The van der Waals surface area contributed by atoms with Gasteiger partial charge in [-0.15, -0.1) is 0 Å². The first-order valence-corrected chi connectivity index (χ1v) is 11.6. The Balaban J connectivity index is 1.07. The van der Waals surface area contributed by atoms with Crippen LogP contribution < -0.4 is 14.4 Å². The summed E-state index contributed by atoms with van der Waals surface area (Å²) in [6, 6.07) is 20.7. The third-order valence-corrected chi connectivity index (χ3v) is 6.27. The number of imidazole rings is 1. The molecule has 2 aromatic heterocycles. The molecule has 0 spiro atoms. The summed E-state index contributed by atoms with van der Waals surface area (Å²) in [6.45, 7) is 5.94. The monoisotopic (exact) mass is 442 g/mol. The maximum atomic E-state index is 6.01. The molecule has 1 saturated heterocycles. The second kappa shape index (κ2) is 9.96. The average molecular weight is 443 g/mol. The number of fused-ring (bicyclic) bond motifs is 1. The number of nitrogens with zero attached hydrogens (tertiary/aromatic N) is 4. The standard InChI is InChI=1S/C27H30N4O2/c1-32-26-8-3-2-7-25(26)30-19-17-29(18-20-30)14-5-21-33-23-11-9-22(10-12-23)24-6-4-15-31-16-13-28-27(24)31/h2-4,6-13,15-16H,5,14,17-21H2,1H3. The topological polar surface area (TPSA) is 42.2 Å². The van der Waals surface area contributed by atoms with E-state index in [2.05, 4.69) is 45.1 Å². The van der Waals surface area contributed by atoms with Crippen LogP contribution in [0.25, 0.3) is 16.8 Å². The minimum Gasteiger partial charge on any atom is -0.495 e. The summed E-state index contributed by atoms with van der Waals surface area (Å²) in [6.07, 6.45) is 6.83. The largest absolute Gasteiger partial charge is 0.495 e. The molecule has 0 N–H and O–H groups in total. The van der Waals surface area contributed by atoms with Crippen LogP contribution in [-0.4, -0.2) is 60.7 Å². The fourth-order valence-corrected chi connectivity index (χ4v) is 4.49. The summed E-state index contributed by atoms with van der Waals surface area (Å²) < 4.78 is 13.6. The smallest absolute Gasteiger partial charge is 0.144 e. The fraction of sp³-hybridized carbons (Fsp3) is 0.296. The van der Waals surface area contributed by atoms with Gasteiger partial charge in [-0.3, -0.25) is 4.90 Å². The first kappa shape index (κ1) is 21.3. The zero-order valence-electron chi connectivity index (χ0n) is 19.1. The van der Waals surface area contributed by atoms with Gasteiger partial charge in [0.2, 0.25) is 0 Å². The van der Waals surface area contributed by atoms with E-state index in [9.17, 15) is 0 Å². The summed E-state index contributed by atoms with van der Waals surface area (Å²) in [4.78, 5) is 9.40. The molecule has 33 heavy (non-hydrogen) atoms. The molecule has 4 aromatic rings. The highest BCUT2D eigenvalue weighted by atomic mass is 16.5. The highest BCUT2D eigenvalue weighted by Gasteiger charge is 2.19. The average Bonchev–Trinajstić information content (AvgIpc) is 3.37. The molecule has 0 aliphatic carbocycles. The third kappa shape index (κ3) is 4.81. The van der Waals surface area contributed by atoms with Crippen molar-refractivity contribution >= 4 is 11.3 Å². The first-order chi connectivity index (χ1) is 16.3. The Morgan fingerprint density at radius 2 is 1.70 bits per heavy atom. The van der Waals surface area contributed by atoms with E-state index in [4.69, 9.17) is 9.47 Å². The molecule has 1 fully saturated rings. The summed E-state index contributed by atoms with van der Waals surface area (Å²) in [5.74, 6) is 1.86. The zero-order chi connectivity index (χ0) is 22.5. The van der Waals surface area contributed by atoms with Gasteiger partial charge in [0.05, 0.1) is 19.4 Å².